The molecule has 0 aliphatic carbocycles. The molecule has 0 unspecified atom stereocenters. The summed E-state index contributed by atoms with van der Waals surface area (Å²) in [6.45, 7) is 2.26. The van der Waals surface area contributed by atoms with Crippen LogP contribution in [0.15, 0.2) is 42.6 Å². The summed E-state index contributed by atoms with van der Waals surface area (Å²) < 4.78 is 15.0. The number of nitrogens with one attached hydrogen (secondary N) is 1. The van der Waals surface area contributed by atoms with E-state index < -0.39 is 5.91 Å². The van der Waals surface area contributed by atoms with E-state index in [1.165, 1.54) is 12.1 Å². The van der Waals surface area contributed by atoms with Crippen LogP contribution < -0.4 is 11.1 Å². The van der Waals surface area contributed by atoms with Gasteiger partial charge in [-0.1, -0.05) is 19.1 Å². The summed E-state index contributed by atoms with van der Waals surface area (Å²) >= 11 is 0. The number of carbonyl (C=O) groups is 1. The smallest absolute Gasteiger partial charge is 0.252 e. The monoisotopic (exact) mass is 392 g/mol. The standard InChI is InChI=1S/C19H17FN8O/c1-2-14-23-16(18-27-26-17-13(15(21)29)7-4-8-28(17)18)25-19(24-14)22-10-11-5-3-6-12(20)9-11/h3-9H,2,10H2,1H3,(H2,21,29)(H,22,23,24,25). The third-order valence-corrected chi connectivity index (χ3v) is 4.24. The molecule has 3 heterocycles. The van der Waals surface area contributed by atoms with Gasteiger partial charge in [-0.05, 0) is 29.8 Å². The summed E-state index contributed by atoms with van der Waals surface area (Å²) in [6.07, 6.45) is 2.28. The molecule has 0 spiro atoms. The molecule has 29 heavy (non-hydrogen) atoms. The Kier molecular flexibility index (Phi) is 4.82. The van der Waals surface area contributed by atoms with Gasteiger partial charge in [0.15, 0.2) is 5.65 Å². The maximum absolute atomic E-state index is 13.4. The van der Waals surface area contributed by atoms with Gasteiger partial charge in [0.05, 0.1) is 5.56 Å². The normalized spacial score (nSPS) is 11.0. The zero-order valence-corrected chi connectivity index (χ0v) is 15.5. The third kappa shape index (κ3) is 3.72. The number of aromatic nitrogens is 6. The van der Waals surface area contributed by atoms with Gasteiger partial charge < -0.3 is 11.1 Å². The molecule has 10 heteroatoms. The molecular formula is C19H17FN8O. The molecule has 1 amide bonds. The van der Waals surface area contributed by atoms with Gasteiger partial charge in [0.2, 0.25) is 17.6 Å². The minimum atomic E-state index is -0.600. The van der Waals surface area contributed by atoms with Gasteiger partial charge in [-0.15, -0.1) is 10.2 Å². The highest BCUT2D eigenvalue weighted by atomic mass is 19.1. The Morgan fingerprint density at radius 3 is 2.79 bits per heavy atom. The fourth-order valence-electron chi connectivity index (χ4n) is 2.85. The van der Waals surface area contributed by atoms with Gasteiger partial charge in [0.1, 0.15) is 11.6 Å². The number of hydrogen-bond acceptors (Lipinski definition) is 7. The van der Waals surface area contributed by atoms with Crippen molar-refractivity contribution in [2.45, 2.75) is 19.9 Å². The van der Waals surface area contributed by atoms with Crippen LogP contribution in [-0.2, 0) is 13.0 Å². The molecule has 0 fully saturated rings. The molecule has 0 radical (unpaired) electrons. The predicted octanol–water partition coefficient (Wildman–Crippen LogP) is 1.99. The van der Waals surface area contributed by atoms with Crippen LogP contribution in [0.25, 0.3) is 17.3 Å². The van der Waals surface area contributed by atoms with E-state index in [0.717, 1.165) is 5.56 Å². The summed E-state index contributed by atoms with van der Waals surface area (Å²) in [6, 6.07) is 9.51. The molecule has 3 aromatic heterocycles. The van der Waals surface area contributed by atoms with Crippen LogP contribution in [0.1, 0.15) is 28.7 Å². The van der Waals surface area contributed by atoms with Crippen LogP contribution in [0.4, 0.5) is 10.3 Å². The largest absolute Gasteiger partial charge is 0.365 e. The molecule has 0 saturated heterocycles. The summed E-state index contributed by atoms with van der Waals surface area (Å²) in [5, 5.41) is 11.3. The second-order valence-corrected chi connectivity index (χ2v) is 6.24. The summed E-state index contributed by atoms with van der Waals surface area (Å²) in [4.78, 5) is 24.8. The van der Waals surface area contributed by atoms with Crippen LogP contribution in [0.3, 0.4) is 0 Å². The molecule has 4 aromatic rings. The number of nitrogens with two attached hydrogens (primary N) is 1. The first-order valence-electron chi connectivity index (χ1n) is 8.92. The second kappa shape index (κ2) is 7.58. The fourth-order valence-corrected chi connectivity index (χ4v) is 2.85. The van der Waals surface area contributed by atoms with Crippen molar-refractivity contribution in [1.82, 2.24) is 29.5 Å². The number of rotatable bonds is 6. The first-order valence-corrected chi connectivity index (χ1v) is 8.92. The maximum Gasteiger partial charge on any atom is 0.252 e. The Balaban J connectivity index is 1.71. The van der Waals surface area contributed by atoms with Crippen LogP contribution in [0, 0.1) is 5.82 Å². The molecular weight excluding hydrogens is 375 g/mol. The molecule has 9 nitrogen and oxygen atoms in total. The molecule has 4 rings (SSSR count). The average molecular weight is 392 g/mol. The van der Waals surface area contributed by atoms with Crippen molar-refractivity contribution in [3.63, 3.8) is 0 Å². The van der Waals surface area contributed by atoms with Crippen LogP contribution in [-0.4, -0.2) is 35.5 Å². The minimum Gasteiger partial charge on any atom is -0.365 e. The van der Waals surface area contributed by atoms with Crippen molar-refractivity contribution in [3.8, 4) is 11.6 Å². The Morgan fingerprint density at radius 1 is 1.17 bits per heavy atom. The van der Waals surface area contributed by atoms with Crippen molar-refractivity contribution < 1.29 is 9.18 Å². The minimum absolute atomic E-state index is 0.250. The average Bonchev–Trinajstić information content (AvgIpc) is 3.16. The van der Waals surface area contributed by atoms with Crippen molar-refractivity contribution in [2.75, 3.05) is 5.32 Å². The lowest BCUT2D eigenvalue weighted by molar-refractivity contribution is 0.100. The topological polar surface area (TPSA) is 124 Å². The van der Waals surface area contributed by atoms with E-state index in [0.29, 0.717) is 42.0 Å². The lowest BCUT2D eigenvalue weighted by atomic mass is 10.2. The zero-order chi connectivity index (χ0) is 20.4. The summed E-state index contributed by atoms with van der Waals surface area (Å²) in [5.74, 6) is 0.632. The first kappa shape index (κ1) is 18.4. The van der Waals surface area contributed by atoms with E-state index >= 15 is 0 Å². The van der Waals surface area contributed by atoms with Crippen LogP contribution in [0.2, 0.25) is 0 Å². The number of pyridine rings is 1. The Hall–Kier alpha value is -3.95. The molecule has 3 N–H and O–H groups in total. The summed E-state index contributed by atoms with van der Waals surface area (Å²) in [7, 11) is 0. The molecule has 0 saturated carbocycles. The number of anilines is 1. The number of amides is 1. The van der Waals surface area contributed by atoms with E-state index in [2.05, 4.69) is 30.5 Å². The summed E-state index contributed by atoms with van der Waals surface area (Å²) in [5.41, 5.74) is 6.73. The van der Waals surface area contributed by atoms with Crippen molar-refractivity contribution in [1.29, 1.82) is 0 Å². The van der Waals surface area contributed by atoms with Crippen molar-refractivity contribution >= 4 is 17.5 Å². The highest BCUT2D eigenvalue weighted by molar-refractivity contribution is 5.98. The molecule has 0 bridgehead atoms. The third-order valence-electron chi connectivity index (χ3n) is 4.24. The Bertz CT molecular complexity index is 1210. The Labute approximate surface area is 164 Å². The highest BCUT2D eigenvalue weighted by Gasteiger charge is 2.17. The number of benzene rings is 1. The van der Waals surface area contributed by atoms with E-state index in [4.69, 9.17) is 5.73 Å². The fraction of sp³-hybridized carbons (Fsp3) is 0.158. The van der Waals surface area contributed by atoms with E-state index in [-0.39, 0.29) is 11.4 Å². The Morgan fingerprint density at radius 2 is 2.03 bits per heavy atom. The lowest BCUT2D eigenvalue weighted by Gasteiger charge is -2.08. The zero-order valence-electron chi connectivity index (χ0n) is 15.5. The molecule has 0 aliphatic heterocycles. The van der Waals surface area contributed by atoms with Crippen LogP contribution in [0.5, 0.6) is 0 Å². The SMILES string of the molecule is CCc1nc(NCc2cccc(F)c2)nc(-c2nnc3c(C(N)=O)cccn23)n1. The second-order valence-electron chi connectivity index (χ2n) is 6.24. The number of halogens is 1. The molecule has 0 atom stereocenters. The number of carbonyl (C=O) groups excluding carboxylic acids is 1. The van der Waals surface area contributed by atoms with Crippen LogP contribution >= 0.6 is 0 Å². The van der Waals surface area contributed by atoms with E-state index in [1.54, 1.807) is 34.9 Å². The van der Waals surface area contributed by atoms with E-state index in [9.17, 15) is 9.18 Å². The number of hydrogen-bond donors (Lipinski definition) is 2. The predicted molar refractivity (Wildman–Crippen MR) is 103 cm³/mol. The van der Waals surface area contributed by atoms with E-state index in [1.807, 2.05) is 6.92 Å². The maximum atomic E-state index is 13.4. The number of primary amides is 1. The van der Waals surface area contributed by atoms with Crippen molar-refractivity contribution in [3.05, 3.63) is 65.4 Å². The highest BCUT2D eigenvalue weighted by Crippen LogP contribution is 2.18. The molecule has 1 aromatic carbocycles. The number of fused-ring (bicyclic) bond motifs is 1. The molecule has 0 aliphatic rings. The van der Waals surface area contributed by atoms with Crippen molar-refractivity contribution in [2.24, 2.45) is 5.73 Å². The first-order chi connectivity index (χ1) is 14.0. The van der Waals surface area contributed by atoms with Gasteiger partial charge in [0.25, 0.3) is 5.91 Å². The lowest BCUT2D eigenvalue weighted by Crippen LogP contribution is -2.13. The quantitative estimate of drug-likeness (QED) is 0.514. The number of aryl methyl sites for hydroxylation is 1. The van der Waals surface area contributed by atoms with Gasteiger partial charge in [-0.25, -0.2) is 9.37 Å². The van der Waals surface area contributed by atoms with Gasteiger partial charge in [0, 0.05) is 19.2 Å². The van der Waals surface area contributed by atoms with Gasteiger partial charge in [-0.3, -0.25) is 9.20 Å². The van der Waals surface area contributed by atoms with Gasteiger partial charge in [-0.2, -0.15) is 9.97 Å². The molecule has 146 valence electrons. The number of nitrogens with zero attached hydrogens (tertiary/aromatic N) is 6. The van der Waals surface area contributed by atoms with Gasteiger partial charge >= 0.3 is 0 Å².